The molecule has 7 heteroatoms. The number of aromatic nitrogens is 3. The molecule has 5 rings (SSSR count). The lowest BCUT2D eigenvalue weighted by Crippen LogP contribution is -2.53. The molecule has 3 heterocycles. The van der Waals surface area contributed by atoms with Crippen molar-refractivity contribution in [2.75, 3.05) is 5.43 Å². The quantitative estimate of drug-likeness (QED) is 0.659. The summed E-state index contributed by atoms with van der Waals surface area (Å²) in [4.78, 5) is 16.0. The Kier molecular flexibility index (Phi) is 5.44. The van der Waals surface area contributed by atoms with Crippen LogP contribution in [0, 0.1) is 0 Å². The summed E-state index contributed by atoms with van der Waals surface area (Å²) in [5.41, 5.74) is 5.66. The maximum absolute atomic E-state index is 13.9. The Bertz CT molecular complexity index is 1040. The minimum absolute atomic E-state index is 0.175. The van der Waals surface area contributed by atoms with E-state index in [0.717, 1.165) is 34.9 Å². The van der Waals surface area contributed by atoms with E-state index in [-0.39, 0.29) is 29.3 Å². The summed E-state index contributed by atoms with van der Waals surface area (Å²) in [6.07, 6.45) is 3.30. The lowest BCUT2D eigenvalue weighted by Gasteiger charge is -2.43. The van der Waals surface area contributed by atoms with Crippen molar-refractivity contribution >= 4 is 17.7 Å². The maximum atomic E-state index is 13.9. The molecule has 3 aromatic rings. The van der Waals surface area contributed by atoms with Gasteiger partial charge >= 0.3 is 0 Å². The molecule has 4 atom stereocenters. The summed E-state index contributed by atoms with van der Waals surface area (Å²) < 4.78 is 1.94. The van der Waals surface area contributed by atoms with E-state index in [4.69, 9.17) is 0 Å². The van der Waals surface area contributed by atoms with E-state index in [1.54, 1.807) is 0 Å². The third-order valence-electron chi connectivity index (χ3n) is 6.32. The molecule has 1 fully saturated rings. The number of nitrogens with one attached hydrogen (secondary N) is 1. The molecule has 0 radical (unpaired) electrons. The van der Waals surface area contributed by atoms with Crippen LogP contribution in [0.15, 0.2) is 65.8 Å². The molecule has 1 amide bonds. The summed E-state index contributed by atoms with van der Waals surface area (Å²) in [5.74, 6) is 0.941. The molecule has 0 bridgehead atoms. The number of thioether (sulfide) groups is 1. The molecular weight excluding hydrogens is 406 g/mol. The summed E-state index contributed by atoms with van der Waals surface area (Å²) in [5, 5.41) is 9.28. The zero-order chi connectivity index (χ0) is 21.4. The number of hydrogen-bond acceptors (Lipinski definition) is 5. The summed E-state index contributed by atoms with van der Waals surface area (Å²) in [6, 6.07) is 20.6. The summed E-state index contributed by atoms with van der Waals surface area (Å²) in [6.45, 7) is 4.34. The van der Waals surface area contributed by atoms with Gasteiger partial charge in [0.25, 0.3) is 0 Å². The first-order chi connectivity index (χ1) is 15.1. The van der Waals surface area contributed by atoms with Crippen LogP contribution in [0.25, 0.3) is 11.4 Å². The number of nitrogens with zero attached hydrogens (tertiary/aromatic N) is 4. The minimum Gasteiger partial charge on any atom is -0.336 e. The molecule has 0 spiro atoms. The second-order valence-corrected chi connectivity index (χ2v) is 9.55. The molecule has 6 nitrogen and oxygen atoms in total. The van der Waals surface area contributed by atoms with Crippen molar-refractivity contribution in [1.82, 2.24) is 19.8 Å². The molecule has 0 aliphatic carbocycles. The first-order valence-corrected chi connectivity index (χ1v) is 11.8. The lowest BCUT2D eigenvalue weighted by molar-refractivity contribution is -0.137. The molecule has 2 aliphatic heterocycles. The first kappa shape index (κ1) is 20.1. The molecular formula is C24H27N5OS. The van der Waals surface area contributed by atoms with E-state index in [2.05, 4.69) is 46.5 Å². The Morgan fingerprint density at radius 2 is 1.61 bits per heavy atom. The molecule has 1 saturated heterocycles. The van der Waals surface area contributed by atoms with Crippen LogP contribution in [-0.4, -0.2) is 43.0 Å². The predicted molar refractivity (Wildman–Crippen MR) is 123 cm³/mol. The van der Waals surface area contributed by atoms with Crippen molar-refractivity contribution in [2.45, 2.75) is 61.6 Å². The number of rotatable bonds is 3. The summed E-state index contributed by atoms with van der Waals surface area (Å²) >= 11 is 1.52. The van der Waals surface area contributed by atoms with Crippen molar-refractivity contribution in [3.63, 3.8) is 0 Å². The monoisotopic (exact) mass is 433 g/mol. The molecule has 0 saturated carbocycles. The van der Waals surface area contributed by atoms with Crippen LogP contribution in [0.1, 0.15) is 44.7 Å². The Balaban J connectivity index is 1.54. The molecule has 1 N–H and O–H groups in total. The highest BCUT2D eigenvalue weighted by Gasteiger charge is 2.42. The van der Waals surface area contributed by atoms with Gasteiger partial charge in [0.15, 0.2) is 5.82 Å². The van der Waals surface area contributed by atoms with Crippen LogP contribution in [0.5, 0.6) is 0 Å². The van der Waals surface area contributed by atoms with Gasteiger partial charge in [0.05, 0.1) is 6.04 Å². The Morgan fingerprint density at radius 3 is 2.29 bits per heavy atom. The van der Waals surface area contributed by atoms with Gasteiger partial charge in [-0.1, -0.05) is 72.4 Å². The smallest absolute Gasteiger partial charge is 0.239 e. The number of hydrogen-bond donors (Lipinski definition) is 1. The molecule has 2 aliphatic rings. The van der Waals surface area contributed by atoms with E-state index in [9.17, 15) is 4.79 Å². The van der Waals surface area contributed by atoms with E-state index in [0.29, 0.717) is 0 Å². The number of benzene rings is 2. The number of likely N-dealkylation sites (tertiary alicyclic amines) is 1. The van der Waals surface area contributed by atoms with Gasteiger partial charge in [0.2, 0.25) is 11.1 Å². The highest BCUT2D eigenvalue weighted by Crippen LogP contribution is 2.40. The van der Waals surface area contributed by atoms with E-state index in [1.807, 2.05) is 53.2 Å². The van der Waals surface area contributed by atoms with Gasteiger partial charge in [-0.2, -0.15) is 0 Å². The zero-order valence-corrected chi connectivity index (χ0v) is 18.6. The third kappa shape index (κ3) is 3.71. The lowest BCUT2D eigenvalue weighted by atomic mass is 9.95. The van der Waals surface area contributed by atoms with Crippen molar-refractivity contribution in [1.29, 1.82) is 0 Å². The van der Waals surface area contributed by atoms with Gasteiger partial charge in [0, 0.05) is 17.6 Å². The van der Waals surface area contributed by atoms with Gasteiger partial charge in [-0.05, 0) is 38.7 Å². The predicted octanol–water partition coefficient (Wildman–Crippen LogP) is 4.49. The number of piperidine rings is 1. The average Bonchev–Trinajstić information content (AvgIpc) is 3.22. The largest absolute Gasteiger partial charge is 0.336 e. The fourth-order valence-electron chi connectivity index (χ4n) is 4.73. The van der Waals surface area contributed by atoms with E-state index >= 15 is 0 Å². The number of carbonyl (C=O) groups excluding carboxylic acids is 1. The highest BCUT2D eigenvalue weighted by molar-refractivity contribution is 8.00. The van der Waals surface area contributed by atoms with Crippen molar-refractivity contribution < 1.29 is 4.79 Å². The Hall–Kier alpha value is -2.80. The molecule has 0 unspecified atom stereocenters. The number of fused-ring (bicyclic) bond motifs is 1. The number of amides is 1. The Morgan fingerprint density at radius 1 is 0.968 bits per heavy atom. The summed E-state index contributed by atoms with van der Waals surface area (Å²) in [7, 11) is 0. The van der Waals surface area contributed by atoms with Gasteiger partial charge in [-0.15, -0.1) is 10.2 Å². The van der Waals surface area contributed by atoms with Crippen LogP contribution < -0.4 is 5.43 Å². The van der Waals surface area contributed by atoms with E-state index in [1.165, 1.54) is 18.2 Å². The zero-order valence-electron chi connectivity index (χ0n) is 17.8. The van der Waals surface area contributed by atoms with Gasteiger partial charge in [-0.25, -0.2) is 4.68 Å². The van der Waals surface area contributed by atoms with Crippen molar-refractivity contribution in [3.05, 3.63) is 66.2 Å². The van der Waals surface area contributed by atoms with Crippen LogP contribution in [-0.2, 0) is 4.79 Å². The number of carbonyl (C=O) groups is 1. The van der Waals surface area contributed by atoms with Crippen LogP contribution >= 0.6 is 11.8 Å². The fourth-order valence-corrected chi connectivity index (χ4v) is 5.87. The van der Waals surface area contributed by atoms with Crippen molar-refractivity contribution in [3.8, 4) is 11.4 Å². The molecule has 2 aromatic carbocycles. The SMILES string of the molecule is C[C@@H]1CCC[C@H](C)N1C(=O)[C@H]1Sc2nnc(-c3ccccc3)n2N[C@H]1c1ccccc1. The van der Waals surface area contributed by atoms with Crippen LogP contribution in [0.2, 0.25) is 0 Å². The molecule has 31 heavy (non-hydrogen) atoms. The standard InChI is InChI=1S/C24H27N5OS/c1-16-10-9-11-17(2)28(16)23(30)21-20(18-12-5-3-6-13-18)27-29-22(25-26-24(29)31-21)19-14-7-4-8-15-19/h3-8,12-17,20-21,27H,9-11H2,1-2H3/t16-,17+,20-,21-/m0/s1. The minimum atomic E-state index is -0.300. The van der Waals surface area contributed by atoms with E-state index < -0.39 is 0 Å². The second kappa shape index (κ2) is 8.38. The average molecular weight is 434 g/mol. The molecule has 160 valence electrons. The second-order valence-electron chi connectivity index (χ2n) is 8.44. The fraction of sp³-hybridized carbons (Fsp3) is 0.375. The van der Waals surface area contributed by atoms with Gasteiger partial charge in [0.1, 0.15) is 5.25 Å². The van der Waals surface area contributed by atoms with Gasteiger partial charge < -0.3 is 10.3 Å². The molecule has 1 aromatic heterocycles. The maximum Gasteiger partial charge on any atom is 0.239 e. The van der Waals surface area contributed by atoms with Crippen LogP contribution in [0.3, 0.4) is 0 Å². The Labute approximate surface area is 187 Å². The normalized spacial score (nSPS) is 25.5. The van der Waals surface area contributed by atoms with Crippen molar-refractivity contribution in [2.24, 2.45) is 0 Å². The highest BCUT2D eigenvalue weighted by atomic mass is 32.2. The first-order valence-electron chi connectivity index (χ1n) is 10.9. The van der Waals surface area contributed by atoms with Gasteiger partial charge in [-0.3, -0.25) is 4.79 Å². The van der Waals surface area contributed by atoms with Crippen LogP contribution in [0.4, 0.5) is 0 Å². The topological polar surface area (TPSA) is 63.1 Å². The third-order valence-corrected chi connectivity index (χ3v) is 7.52.